The maximum atomic E-state index is 13.3. The number of carbonyl (C=O) groups is 1. The first-order valence-corrected chi connectivity index (χ1v) is 8.07. The second kappa shape index (κ2) is 5.49. The van der Waals surface area contributed by atoms with Crippen molar-refractivity contribution >= 4 is 15.8 Å². The van der Waals surface area contributed by atoms with Gasteiger partial charge in [0.1, 0.15) is 5.82 Å². The molecule has 0 spiro atoms. The van der Waals surface area contributed by atoms with Crippen molar-refractivity contribution in [1.82, 2.24) is 4.90 Å². The molecule has 0 saturated carbocycles. The van der Waals surface area contributed by atoms with Crippen molar-refractivity contribution < 1.29 is 22.7 Å². The molecule has 2 rings (SSSR count). The van der Waals surface area contributed by atoms with E-state index in [9.17, 15) is 17.6 Å². The van der Waals surface area contributed by atoms with Crippen LogP contribution in [0.3, 0.4) is 0 Å². The minimum atomic E-state index is -3.02. The molecule has 0 radical (unpaired) electrons. The highest BCUT2D eigenvalue weighted by Crippen LogP contribution is 2.19. The van der Waals surface area contributed by atoms with Gasteiger partial charge in [0.15, 0.2) is 9.84 Å². The zero-order valence-corrected chi connectivity index (χ0v) is 11.9. The predicted octanol–water partition coefficient (Wildman–Crippen LogP) is 1.14. The number of hydrogen-bond acceptors (Lipinski definition) is 4. The highest BCUT2D eigenvalue weighted by atomic mass is 32.2. The molecule has 1 aromatic rings. The van der Waals surface area contributed by atoms with Gasteiger partial charge in [0, 0.05) is 19.1 Å². The van der Waals surface area contributed by atoms with Crippen molar-refractivity contribution in [3.63, 3.8) is 0 Å². The molecule has 1 saturated heterocycles. The fourth-order valence-corrected chi connectivity index (χ4v) is 4.01. The predicted molar refractivity (Wildman–Crippen MR) is 71.9 cm³/mol. The lowest BCUT2D eigenvalue weighted by Crippen LogP contribution is -2.46. The third-order valence-electron chi connectivity index (χ3n) is 3.48. The third kappa shape index (κ3) is 3.34. The van der Waals surface area contributed by atoms with Gasteiger partial charge in [-0.2, -0.15) is 0 Å². The topological polar surface area (TPSA) is 74.7 Å². The molecule has 1 unspecified atom stereocenters. The summed E-state index contributed by atoms with van der Waals surface area (Å²) in [5.74, 6) is -1.51. The second-order valence-corrected chi connectivity index (χ2v) is 7.27. The molecule has 1 aromatic carbocycles. The molecule has 110 valence electrons. The average molecular weight is 301 g/mol. The SMILES string of the molecule is CC1CS(=O)(=O)CCN1Cc1cc(F)ccc1C(=O)O. The molecule has 0 aliphatic carbocycles. The first-order valence-electron chi connectivity index (χ1n) is 6.25. The monoisotopic (exact) mass is 301 g/mol. The Morgan fingerprint density at radius 3 is 2.80 bits per heavy atom. The van der Waals surface area contributed by atoms with Gasteiger partial charge in [-0.15, -0.1) is 0 Å². The van der Waals surface area contributed by atoms with Gasteiger partial charge in [-0.3, -0.25) is 4.90 Å². The summed E-state index contributed by atoms with van der Waals surface area (Å²) in [5, 5.41) is 9.10. The van der Waals surface area contributed by atoms with E-state index in [0.717, 1.165) is 6.07 Å². The number of nitrogens with zero attached hydrogens (tertiary/aromatic N) is 1. The summed E-state index contributed by atoms with van der Waals surface area (Å²) in [4.78, 5) is 13.0. The van der Waals surface area contributed by atoms with E-state index in [2.05, 4.69) is 0 Å². The van der Waals surface area contributed by atoms with Crippen molar-refractivity contribution in [2.24, 2.45) is 0 Å². The van der Waals surface area contributed by atoms with Crippen LogP contribution in [-0.2, 0) is 16.4 Å². The summed E-state index contributed by atoms with van der Waals surface area (Å²) in [6, 6.07) is 3.33. The quantitative estimate of drug-likeness (QED) is 0.906. The largest absolute Gasteiger partial charge is 0.478 e. The van der Waals surface area contributed by atoms with Gasteiger partial charge in [0.25, 0.3) is 0 Å². The third-order valence-corrected chi connectivity index (χ3v) is 5.27. The van der Waals surface area contributed by atoms with E-state index in [0.29, 0.717) is 12.1 Å². The van der Waals surface area contributed by atoms with Crippen LogP contribution in [0, 0.1) is 5.82 Å². The standard InChI is InChI=1S/C13H16FNO4S/c1-9-8-20(18,19)5-4-15(9)7-10-6-11(14)2-3-12(10)13(16)17/h2-3,6,9H,4-5,7-8H2,1H3,(H,16,17). The van der Waals surface area contributed by atoms with E-state index >= 15 is 0 Å². The highest BCUT2D eigenvalue weighted by molar-refractivity contribution is 7.91. The Bertz CT molecular complexity index is 629. The zero-order chi connectivity index (χ0) is 14.9. The van der Waals surface area contributed by atoms with Gasteiger partial charge >= 0.3 is 5.97 Å². The summed E-state index contributed by atoms with van der Waals surface area (Å²) < 4.78 is 36.3. The minimum absolute atomic E-state index is 0.0463. The normalized spacial score (nSPS) is 22.6. The van der Waals surface area contributed by atoms with Gasteiger partial charge in [-0.25, -0.2) is 17.6 Å². The summed E-state index contributed by atoms with van der Waals surface area (Å²) in [6.45, 7) is 2.34. The van der Waals surface area contributed by atoms with Crippen LogP contribution in [0.5, 0.6) is 0 Å². The smallest absolute Gasteiger partial charge is 0.336 e. The molecule has 0 bridgehead atoms. The molecule has 1 aliphatic rings. The summed E-state index contributed by atoms with van der Waals surface area (Å²) in [5.41, 5.74) is 0.413. The first kappa shape index (κ1) is 14.9. The number of halogens is 1. The first-order chi connectivity index (χ1) is 9.28. The molecule has 0 amide bonds. The van der Waals surface area contributed by atoms with Gasteiger partial charge < -0.3 is 5.11 Å². The Morgan fingerprint density at radius 2 is 2.20 bits per heavy atom. The van der Waals surface area contributed by atoms with Gasteiger partial charge in [0.05, 0.1) is 17.1 Å². The van der Waals surface area contributed by atoms with Crippen LogP contribution in [0.25, 0.3) is 0 Å². The van der Waals surface area contributed by atoms with Crippen LogP contribution in [0.15, 0.2) is 18.2 Å². The molecule has 1 aliphatic heterocycles. The molecule has 5 nitrogen and oxygen atoms in total. The number of benzene rings is 1. The van der Waals surface area contributed by atoms with Crippen LogP contribution < -0.4 is 0 Å². The Morgan fingerprint density at radius 1 is 1.50 bits per heavy atom. The molecule has 1 heterocycles. The highest BCUT2D eigenvalue weighted by Gasteiger charge is 2.28. The van der Waals surface area contributed by atoms with Gasteiger partial charge in [0.2, 0.25) is 0 Å². The van der Waals surface area contributed by atoms with Crippen LogP contribution in [0.2, 0.25) is 0 Å². The minimum Gasteiger partial charge on any atom is -0.478 e. The maximum absolute atomic E-state index is 13.3. The fraction of sp³-hybridized carbons (Fsp3) is 0.462. The molecular formula is C13H16FNO4S. The van der Waals surface area contributed by atoms with E-state index in [1.54, 1.807) is 6.92 Å². The number of carboxylic acids is 1. The number of aromatic carboxylic acids is 1. The van der Waals surface area contributed by atoms with Crippen LogP contribution in [0.4, 0.5) is 4.39 Å². The molecule has 0 aromatic heterocycles. The van der Waals surface area contributed by atoms with E-state index in [4.69, 9.17) is 5.11 Å². The summed E-state index contributed by atoms with van der Waals surface area (Å²) in [7, 11) is -3.02. The van der Waals surface area contributed by atoms with Crippen molar-refractivity contribution in [2.75, 3.05) is 18.1 Å². The van der Waals surface area contributed by atoms with Gasteiger partial charge in [-0.05, 0) is 30.7 Å². The molecule has 1 atom stereocenters. The Balaban J connectivity index is 2.22. The van der Waals surface area contributed by atoms with Crippen LogP contribution >= 0.6 is 0 Å². The van der Waals surface area contributed by atoms with E-state index < -0.39 is 21.6 Å². The van der Waals surface area contributed by atoms with Crippen molar-refractivity contribution in [3.8, 4) is 0 Å². The Kier molecular flexibility index (Phi) is 4.10. The maximum Gasteiger partial charge on any atom is 0.336 e. The lowest BCUT2D eigenvalue weighted by Gasteiger charge is -2.33. The number of hydrogen-bond donors (Lipinski definition) is 1. The number of carboxylic acid groups (broad SMARTS) is 1. The second-order valence-electron chi connectivity index (χ2n) is 5.04. The lowest BCUT2D eigenvalue weighted by atomic mass is 10.1. The molecule has 7 heteroatoms. The number of rotatable bonds is 3. The van der Waals surface area contributed by atoms with Crippen molar-refractivity contribution in [2.45, 2.75) is 19.5 Å². The Labute approximate surface area is 116 Å². The van der Waals surface area contributed by atoms with Crippen LogP contribution in [0.1, 0.15) is 22.8 Å². The van der Waals surface area contributed by atoms with Crippen LogP contribution in [-0.4, -0.2) is 48.5 Å². The zero-order valence-electron chi connectivity index (χ0n) is 11.0. The molecule has 1 N–H and O–H groups in total. The number of sulfone groups is 1. The van der Waals surface area contributed by atoms with Crippen molar-refractivity contribution in [3.05, 3.63) is 35.1 Å². The Hall–Kier alpha value is -1.47. The average Bonchev–Trinajstić information content (AvgIpc) is 2.32. The lowest BCUT2D eigenvalue weighted by molar-refractivity contribution is 0.0693. The van der Waals surface area contributed by atoms with Crippen molar-refractivity contribution in [1.29, 1.82) is 0 Å². The summed E-state index contributed by atoms with van der Waals surface area (Å²) in [6.07, 6.45) is 0. The van der Waals surface area contributed by atoms with E-state index in [1.807, 2.05) is 4.90 Å². The molecule has 1 fully saturated rings. The van der Waals surface area contributed by atoms with E-state index in [-0.39, 0.29) is 29.7 Å². The summed E-state index contributed by atoms with van der Waals surface area (Å²) >= 11 is 0. The fourth-order valence-electron chi connectivity index (χ4n) is 2.39. The molecule has 20 heavy (non-hydrogen) atoms. The molecular weight excluding hydrogens is 285 g/mol. The van der Waals surface area contributed by atoms with E-state index in [1.165, 1.54) is 12.1 Å². The van der Waals surface area contributed by atoms with Gasteiger partial charge in [-0.1, -0.05) is 0 Å².